The molecule has 166 valence electrons. The van der Waals surface area contributed by atoms with Gasteiger partial charge in [-0.1, -0.05) is 18.2 Å². The standard InChI is InChI=1S/C23H18FN5OS3/c24-15-7-5-14(6-8-15)17-12-32-21-19(17)22(26-13-25-21)33-23-28-27-20(18-4-2-10-31-18)29(23)11-16-3-1-9-30-16/h2,4-8,10,12-13,16H,1,3,9,11H2. The fraction of sp³-hybridized carbons (Fsp3) is 0.217. The zero-order chi connectivity index (χ0) is 22.2. The quantitative estimate of drug-likeness (QED) is 0.263. The molecule has 1 fully saturated rings. The first-order chi connectivity index (χ1) is 16.3. The maximum absolute atomic E-state index is 13.5. The van der Waals surface area contributed by atoms with Crippen LogP contribution < -0.4 is 0 Å². The Morgan fingerprint density at radius 1 is 1.12 bits per heavy atom. The van der Waals surface area contributed by atoms with Crippen molar-refractivity contribution in [1.29, 1.82) is 0 Å². The average Bonchev–Trinajstić information content (AvgIpc) is 3.63. The number of hydrogen-bond acceptors (Lipinski definition) is 8. The molecule has 5 aromatic rings. The first kappa shape index (κ1) is 20.9. The smallest absolute Gasteiger partial charge is 0.197 e. The third-order valence-electron chi connectivity index (χ3n) is 5.55. The van der Waals surface area contributed by atoms with Gasteiger partial charge in [0.25, 0.3) is 0 Å². The molecule has 0 amide bonds. The predicted molar refractivity (Wildman–Crippen MR) is 129 cm³/mol. The summed E-state index contributed by atoms with van der Waals surface area (Å²) in [6.45, 7) is 1.50. The number of rotatable bonds is 6. The molecule has 1 unspecified atom stereocenters. The Hall–Kier alpha value is -2.66. The van der Waals surface area contributed by atoms with E-state index in [0.29, 0.717) is 6.54 Å². The molecule has 0 saturated carbocycles. The molecule has 1 atom stereocenters. The van der Waals surface area contributed by atoms with Crippen LogP contribution in [0.1, 0.15) is 12.8 Å². The molecule has 1 aromatic carbocycles. The molecule has 5 heterocycles. The minimum Gasteiger partial charge on any atom is -0.376 e. The molecule has 6 rings (SSSR count). The summed E-state index contributed by atoms with van der Waals surface area (Å²) in [5, 5.41) is 15.7. The van der Waals surface area contributed by atoms with Gasteiger partial charge in [0.2, 0.25) is 0 Å². The Morgan fingerprint density at radius 3 is 2.82 bits per heavy atom. The van der Waals surface area contributed by atoms with E-state index >= 15 is 0 Å². The van der Waals surface area contributed by atoms with Gasteiger partial charge in [-0.15, -0.1) is 32.9 Å². The SMILES string of the molecule is Fc1ccc(-c2csc3ncnc(Sc4nnc(-c5cccs5)n4CC4CCCO4)c23)cc1. The van der Waals surface area contributed by atoms with Crippen molar-refractivity contribution in [3.05, 3.63) is 59.3 Å². The molecule has 10 heteroatoms. The fourth-order valence-corrected chi connectivity index (χ4v) is 6.59. The first-order valence-electron chi connectivity index (χ1n) is 10.5. The van der Waals surface area contributed by atoms with Crippen LogP contribution in [0.5, 0.6) is 0 Å². The molecule has 0 aliphatic carbocycles. The molecule has 0 spiro atoms. The van der Waals surface area contributed by atoms with Crippen LogP contribution in [0, 0.1) is 5.82 Å². The number of ether oxygens (including phenoxy) is 1. The summed E-state index contributed by atoms with van der Waals surface area (Å²) in [7, 11) is 0. The minimum atomic E-state index is -0.257. The van der Waals surface area contributed by atoms with E-state index in [1.54, 1.807) is 41.1 Å². The highest BCUT2D eigenvalue weighted by atomic mass is 32.2. The van der Waals surface area contributed by atoms with E-state index in [1.807, 2.05) is 16.8 Å². The van der Waals surface area contributed by atoms with Gasteiger partial charge in [-0.2, -0.15) is 0 Å². The van der Waals surface area contributed by atoms with Crippen LogP contribution in [0.2, 0.25) is 0 Å². The molecular formula is C23H18FN5OS3. The second-order valence-corrected chi connectivity index (χ2v) is 10.4. The summed E-state index contributed by atoms with van der Waals surface area (Å²) in [4.78, 5) is 11.0. The fourth-order valence-electron chi connectivity index (χ4n) is 3.96. The van der Waals surface area contributed by atoms with E-state index in [-0.39, 0.29) is 11.9 Å². The van der Waals surface area contributed by atoms with Crippen LogP contribution in [-0.2, 0) is 11.3 Å². The largest absolute Gasteiger partial charge is 0.376 e. The highest BCUT2D eigenvalue weighted by molar-refractivity contribution is 7.99. The van der Waals surface area contributed by atoms with Crippen molar-refractivity contribution in [1.82, 2.24) is 24.7 Å². The van der Waals surface area contributed by atoms with Gasteiger partial charge in [0.05, 0.1) is 22.9 Å². The predicted octanol–water partition coefficient (Wildman–Crippen LogP) is 6.15. The summed E-state index contributed by atoms with van der Waals surface area (Å²) in [6.07, 6.45) is 3.84. The normalized spacial score (nSPS) is 16.1. The van der Waals surface area contributed by atoms with Gasteiger partial charge in [-0.25, -0.2) is 14.4 Å². The van der Waals surface area contributed by atoms with Crippen LogP contribution in [-0.4, -0.2) is 37.4 Å². The lowest BCUT2D eigenvalue weighted by atomic mass is 10.1. The minimum absolute atomic E-state index is 0.153. The summed E-state index contributed by atoms with van der Waals surface area (Å²) < 4.78 is 21.5. The zero-order valence-corrected chi connectivity index (χ0v) is 19.8. The van der Waals surface area contributed by atoms with Gasteiger partial charge >= 0.3 is 0 Å². The van der Waals surface area contributed by atoms with Crippen LogP contribution in [0.4, 0.5) is 4.39 Å². The maximum Gasteiger partial charge on any atom is 0.197 e. The molecule has 0 bridgehead atoms. The highest BCUT2D eigenvalue weighted by Crippen LogP contribution is 2.40. The van der Waals surface area contributed by atoms with E-state index in [1.165, 1.54) is 23.9 Å². The van der Waals surface area contributed by atoms with Crippen molar-refractivity contribution < 1.29 is 9.13 Å². The number of aromatic nitrogens is 5. The topological polar surface area (TPSA) is 65.7 Å². The highest BCUT2D eigenvalue weighted by Gasteiger charge is 2.24. The molecule has 6 nitrogen and oxygen atoms in total. The Labute approximate surface area is 201 Å². The van der Waals surface area contributed by atoms with Crippen LogP contribution in [0.3, 0.4) is 0 Å². The van der Waals surface area contributed by atoms with Crippen LogP contribution in [0.15, 0.2) is 63.7 Å². The third-order valence-corrected chi connectivity index (χ3v) is 8.29. The maximum atomic E-state index is 13.5. The Kier molecular flexibility index (Phi) is 5.67. The Bertz CT molecular complexity index is 1390. The van der Waals surface area contributed by atoms with Crippen molar-refractivity contribution in [3.8, 4) is 21.8 Å². The second-order valence-electron chi connectivity index (χ2n) is 7.65. The van der Waals surface area contributed by atoms with Crippen molar-refractivity contribution in [2.75, 3.05) is 6.61 Å². The zero-order valence-electron chi connectivity index (χ0n) is 17.3. The number of thiophene rings is 2. The number of hydrogen-bond donors (Lipinski definition) is 0. The van der Waals surface area contributed by atoms with Crippen LogP contribution >= 0.6 is 34.4 Å². The third kappa shape index (κ3) is 4.08. The van der Waals surface area contributed by atoms with E-state index in [4.69, 9.17) is 4.74 Å². The van der Waals surface area contributed by atoms with Crippen molar-refractivity contribution in [2.45, 2.75) is 35.7 Å². The number of benzene rings is 1. The Balaban J connectivity index is 1.42. The monoisotopic (exact) mass is 495 g/mol. The van der Waals surface area contributed by atoms with Gasteiger partial charge in [-0.3, -0.25) is 4.57 Å². The van der Waals surface area contributed by atoms with E-state index in [9.17, 15) is 4.39 Å². The molecule has 4 aromatic heterocycles. The van der Waals surface area contributed by atoms with Gasteiger partial charge < -0.3 is 4.74 Å². The van der Waals surface area contributed by atoms with Gasteiger partial charge in [0, 0.05) is 17.6 Å². The first-order valence-corrected chi connectivity index (χ1v) is 13.1. The van der Waals surface area contributed by atoms with Crippen molar-refractivity contribution >= 4 is 44.7 Å². The summed E-state index contributed by atoms with van der Waals surface area (Å²) >= 11 is 4.68. The van der Waals surface area contributed by atoms with Crippen LogP contribution in [0.25, 0.3) is 32.0 Å². The lowest BCUT2D eigenvalue weighted by molar-refractivity contribution is 0.0953. The molecule has 1 aliphatic rings. The number of nitrogens with zero attached hydrogens (tertiary/aromatic N) is 5. The summed E-state index contributed by atoms with van der Waals surface area (Å²) in [5.41, 5.74) is 1.92. The van der Waals surface area contributed by atoms with Crippen molar-refractivity contribution in [3.63, 3.8) is 0 Å². The molecule has 1 saturated heterocycles. The molecule has 1 aliphatic heterocycles. The Morgan fingerprint density at radius 2 is 2.03 bits per heavy atom. The molecule has 33 heavy (non-hydrogen) atoms. The summed E-state index contributed by atoms with van der Waals surface area (Å²) in [5.74, 6) is 0.588. The van der Waals surface area contributed by atoms with E-state index in [2.05, 4.69) is 30.8 Å². The lowest BCUT2D eigenvalue weighted by Gasteiger charge is -2.14. The van der Waals surface area contributed by atoms with E-state index in [0.717, 1.165) is 61.7 Å². The number of fused-ring (bicyclic) bond motifs is 1. The van der Waals surface area contributed by atoms with Crippen molar-refractivity contribution in [2.24, 2.45) is 0 Å². The average molecular weight is 496 g/mol. The second kappa shape index (κ2) is 8.94. The lowest BCUT2D eigenvalue weighted by Crippen LogP contribution is -2.16. The molecule has 0 radical (unpaired) electrons. The number of halogens is 1. The van der Waals surface area contributed by atoms with Gasteiger partial charge in [0.1, 0.15) is 22.0 Å². The molecular weight excluding hydrogens is 477 g/mol. The summed E-state index contributed by atoms with van der Waals surface area (Å²) in [6, 6.07) is 10.6. The van der Waals surface area contributed by atoms with Gasteiger partial charge in [0.15, 0.2) is 11.0 Å². The van der Waals surface area contributed by atoms with E-state index < -0.39 is 0 Å². The molecule has 0 N–H and O–H groups in total. The van der Waals surface area contributed by atoms with Gasteiger partial charge in [-0.05, 0) is 53.7 Å².